The summed E-state index contributed by atoms with van der Waals surface area (Å²) in [7, 11) is 1.67. The topological polar surface area (TPSA) is 27.1 Å². The third-order valence-corrected chi connectivity index (χ3v) is 3.62. The lowest BCUT2D eigenvalue weighted by Gasteiger charge is -2.09. The number of hydrogen-bond donors (Lipinski definition) is 0. The molecule has 1 heterocycles. The molecule has 116 valence electrons. The second-order valence-corrected chi connectivity index (χ2v) is 5.28. The maximum absolute atomic E-state index is 14.1. The van der Waals surface area contributed by atoms with Crippen LogP contribution >= 0.6 is 11.6 Å². The van der Waals surface area contributed by atoms with Crippen LogP contribution in [0.5, 0.6) is 0 Å². The van der Waals surface area contributed by atoms with Crippen LogP contribution in [0.3, 0.4) is 0 Å². The standard InChI is InChI=1S/C15H19ClF2N2O/c1-21-10-4-2-3-9-20-13(7-8-16)19-12-6-5-11(17)14(18)15(12)20/h5-6H,2-4,7-10H2,1H3. The van der Waals surface area contributed by atoms with Gasteiger partial charge in [-0.2, -0.15) is 0 Å². The van der Waals surface area contributed by atoms with Crippen LogP contribution < -0.4 is 0 Å². The van der Waals surface area contributed by atoms with Crippen molar-refractivity contribution in [3.05, 3.63) is 29.6 Å². The number of unbranched alkanes of at least 4 members (excludes halogenated alkanes) is 2. The second-order valence-electron chi connectivity index (χ2n) is 4.90. The Morgan fingerprint density at radius 2 is 2.05 bits per heavy atom. The van der Waals surface area contributed by atoms with Crippen LogP contribution in [-0.2, 0) is 17.7 Å². The summed E-state index contributed by atoms with van der Waals surface area (Å²) < 4.78 is 34.3. The van der Waals surface area contributed by atoms with E-state index in [0.717, 1.165) is 25.3 Å². The average molecular weight is 317 g/mol. The summed E-state index contributed by atoms with van der Waals surface area (Å²) in [6.07, 6.45) is 3.31. The van der Waals surface area contributed by atoms with E-state index in [9.17, 15) is 8.78 Å². The van der Waals surface area contributed by atoms with Gasteiger partial charge < -0.3 is 9.30 Å². The van der Waals surface area contributed by atoms with Crippen LogP contribution in [0.25, 0.3) is 11.0 Å². The molecule has 1 aromatic heterocycles. The van der Waals surface area contributed by atoms with E-state index in [1.165, 1.54) is 6.07 Å². The van der Waals surface area contributed by atoms with Crippen LogP contribution in [0.15, 0.2) is 12.1 Å². The highest BCUT2D eigenvalue weighted by Gasteiger charge is 2.16. The monoisotopic (exact) mass is 316 g/mol. The number of halogens is 3. The molecular formula is C15H19ClF2N2O. The lowest BCUT2D eigenvalue weighted by molar-refractivity contribution is 0.191. The van der Waals surface area contributed by atoms with Gasteiger partial charge in [0.15, 0.2) is 11.6 Å². The van der Waals surface area contributed by atoms with E-state index in [1.54, 1.807) is 11.7 Å². The Morgan fingerprint density at radius 1 is 1.24 bits per heavy atom. The van der Waals surface area contributed by atoms with E-state index in [4.69, 9.17) is 16.3 Å². The third kappa shape index (κ3) is 3.71. The summed E-state index contributed by atoms with van der Waals surface area (Å²) in [5, 5.41) is 0. The molecule has 0 aliphatic heterocycles. The molecule has 0 atom stereocenters. The lowest BCUT2D eigenvalue weighted by atomic mass is 10.2. The van der Waals surface area contributed by atoms with Gasteiger partial charge in [0.25, 0.3) is 0 Å². The molecule has 0 aliphatic carbocycles. The molecule has 6 heteroatoms. The molecule has 0 N–H and O–H groups in total. The predicted molar refractivity (Wildman–Crippen MR) is 79.8 cm³/mol. The van der Waals surface area contributed by atoms with Crippen molar-refractivity contribution in [2.24, 2.45) is 0 Å². The first-order valence-corrected chi connectivity index (χ1v) is 7.60. The molecule has 0 bridgehead atoms. The predicted octanol–water partition coefficient (Wildman–Crippen LogP) is 3.91. The number of nitrogens with zero attached hydrogens (tertiary/aromatic N) is 2. The van der Waals surface area contributed by atoms with Gasteiger partial charge in [-0.05, 0) is 31.4 Å². The largest absolute Gasteiger partial charge is 0.385 e. The molecule has 0 saturated heterocycles. The van der Waals surface area contributed by atoms with Crippen LogP contribution in [0, 0.1) is 11.6 Å². The molecule has 0 spiro atoms. The number of aromatic nitrogens is 2. The van der Waals surface area contributed by atoms with Crippen molar-refractivity contribution in [1.29, 1.82) is 0 Å². The Bertz CT molecular complexity index is 601. The summed E-state index contributed by atoms with van der Waals surface area (Å²) >= 11 is 5.77. The van der Waals surface area contributed by atoms with Crippen molar-refractivity contribution in [1.82, 2.24) is 9.55 Å². The van der Waals surface area contributed by atoms with Gasteiger partial charge in [-0.1, -0.05) is 0 Å². The van der Waals surface area contributed by atoms with Gasteiger partial charge in [-0.15, -0.1) is 11.6 Å². The van der Waals surface area contributed by atoms with E-state index < -0.39 is 11.6 Å². The van der Waals surface area contributed by atoms with Gasteiger partial charge in [0.05, 0.1) is 5.52 Å². The number of fused-ring (bicyclic) bond motifs is 1. The number of alkyl halides is 1. The minimum atomic E-state index is -0.847. The molecule has 0 aliphatic rings. The first kappa shape index (κ1) is 16.2. The molecule has 3 nitrogen and oxygen atoms in total. The number of benzene rings is 1. The summed E-state index contributed by atoms with van der Waals surface area (Å²) in [5.41, 5.74) is 0.716. The SMILES string of the molecule is COCCCCCn1c(CCCl)nc2ccc(F)c(F)c21. The van der Waals surface area contributed by atoms with Gasteiger partial charge in [-0.3, -0.25) is 0 Å². The Labute approximate surface area is 127 Å². The highest BCUT2D eigenvalue weighted by molar-refractivity contribution is 6.17. The van der Waals surface area contributed by atoms with Gasteiger partial charge in [0.1, 0.15) is 11.3 Å². The van der Waals surface area contributed by atoms with Crippen molar-refractivity contribution in [3.8, 4) is 0 Å². The van der Waals surface area contributed by atoms with Crippen LogP contribution in [0.2, 0.25) is 0 Å². The van der Waals surface area contributed by atoms with Crippen molar-refractivity contribution < 1.29 is 13.5 Å². The molecule has 2 aromatic rings. The number of imidazole rings is 1. The van der Waals surface area contributed by atoms with Gasteiger partial charge in [-0.25, -0.2) is 13.8 Å². The maximum atomic E-state index is 14.1. The van der Waals surface area contributed by atoms with Crippen LogP contribution in [0.1, 0.15) is 25.1 Å². The van der Waals surface area contributed by atoms with Gasteiger partial charge >= 0.3 is 0 Å². The molecule has 0 unspecified atom stereocenters. The number of hydrogen-bond acceptors (Lipinski definition) is 2. The van der Waals surface area contributed by atoms with E-state index in [2.05, 4.69) is 4.98 Å². The molecule has 1 aromatic carbocycles. The molecule has 0 fully saturated rings. The molecule has 21 heavy (non-hydrogen) atoms. The fourth-order valence-corrected chi connectivity index (χ4v) is 2.58. The van der Waals surface area contributed by atoms with Gasteiger partial charge in [0, 0.05) is 32.6 Å². The van der Waals surface area contributed by atoms with E-state index >= 15 is 0 Å². The lowest BCUT2D eigenvalue weighted by Crippen LogP contribution is -2.06. The first-order valence-electron chi connectivity index (χ1n) is 7.07. The molecule has 0 radical (unpaired) electrons. The summed E-state index contributed by atoms with van der Waals surface area (Å²) in [6, 6.07) is 2.62. The summed E-state index contributed by atoms with van der Waals surface area (Å²) in [4.78, 5) is 4.37. The minimum absolute atomic E-state index is 0.238. The molecule has 0 saturated carbocycles. The van der Waals surface area contributed by atoms with Crippen molar-refractivity contribution in [2.75, 3.05) is 19.6 Å². The fourth-order valence-electron chi connectivity index (χ4n) is 2.41. The highest BCUT2D eigenvalue weighted by atomic mass is 35.5. The van der Waals surface area contributed by atoms with Crippen molar-refractivity contribution in [2.45, 2.75) is 32.2 Å². The van der Waals surface area contributed by atoms with E-state index in [-0.39, 0.29) is 5.52 Å². The van der Waals surface area contributed by atoms with Crippen LogP contribution in [0.4, 0.5) is 8.78 Å². The molecule has 2 rings (SSSR count). The smallest absolute Gasteiger partial charge is 0.184 e. The van der Waals surface area contributed by atoms with Crippen molar-refractivity contribution >= 4 is 22.6 Å². The zero-order valence-electron chi connectivity index (χ0n) is 12.0. The average Bonchev–Trinajstić information content (AvgIpc) is 2.82. The van der Waals surface area contributed by atoms with E-state index in [0.29, 0.717) is 36.8 Å². The Morgan fingerprint density at radius 3 is 2.76 bits per heavy atom. The maximum Gasteiger partial charge on any atom is 0.184 e. The number of aryl methyl sites for hydroxylation is 2. The van der Waals surface area contributed by atoms with Gasteiger partial charge in [0.2, 0.25) is 0 Å². The summed E-state index contributed by atoms with van der Waals surface area (Å²) in [5.74, 6) is -0.577. The number of methoxy groups -OCH3 is 1. The van der Waals surface area contributed by atoms with E-state index in [1.807, 2.05) is 0 Å². The number of ether oxygens (including phenoxy) is 1. The quantitative estimate of drug-likeness (QED) is 0.545. The first-order chi connectivity index (χ1) is 10.2. The minimum Gasteiger partial charge on any atom is -0.385 e. The second kappa shape index (κ2) is 7.71. The Kier molecular flexibility index (Phi) is 5.94. The zero-order valence-corrected chi connectivity index (χ0v) is 12.8. The Balaban J connectivity index is 2.25. The Hall–Kier alpha value is -1.20. The molecular weight excluding hydrogens is 298 g/mol. The third-order valence-electron chi connectivity index (χ3n) is 3.43. The normalized spacial score (nSPS) is 11.4. The highest BCUT2D eigenvalue weighted by Crippen LogP contribution is 2.23. The molecule has 0 amide bonds. The number of rotatable bonds is 8. The fraction of sp³-hybridized carbons (Fsp3) is 0.533. The zero-order chi connectivity index (χ0) is 15.2. The van der Waals surface area contributed by atoms with Crippen LogP contribution in [-0.4, -0.2) is 29.1 Å². The summed E-state index contributed by atoms with van der Waals surface area (Å²) in [6.45, 7) is 1.31. The van der Waals surface area contributed by atoms with Crippen molar-refractivity contribution in [3.63, 3.8) is 0 Å².